The van der Waals surface area contributed by atoms with E-state index >= 15 is 0 Å². The number of nitrogen functional groups attached to an aromatic ring is 1. The lowest BCUT2D eigenvalue weighted by Crippen LogP contribution is -2.42. The highest BCUT2D eigenvalue weighted by Crippen LogP contribution is 2.27. The Labute approximate surface area is 114 Å². The number of halogens is 1. The molecule has 4 nitrogen and oxygen atoms in total. The number of hydrogen-bond donors (Lipinski definition) is 1. The van der Waals surface area contributed by atoms with Gasteiger partial charge in [-0.3, -0.25) is 9.59 Å². The number of hydrogen-bond acceptors (Lipinski definition) is 3. The van der Waals surface area contributed by atoms with Gasteiger partial charge in [0.1, 0.15) is 5.82 Å². The topological polar surface area (TPSA) is 63.4 Å². The normalized spacial score (nSPS) is 14.3. The quantitative estimate of drug-likeness (QED) is 0.638. The lowest BCUT2D eigenvalue weighted by molar-refractivity contribution is -0.117. The number of amides is 2. The molecule has 1 aliphatic heterocycles. The average molecular weight is 270 g/mol. The zero-order valence-electron chi connectivity index (χ0n) is 10.5. The Hall–Kier alpha value is -2.69. The largest absolute Gasteiger partial charge is 0.399 e. The van der Waals surface area contributed by atoms with Gasteiger partial charge in [0.25, 0.3) is 5.91 Å². The minimum atomic E-state index is -0.584. The molecule has 0 bridgehead atoms. The summed E-state index contributed by atoms with van der Waals surface area (Å²) in [6, 6.07) is 10.6. The first-order chi connectivity index (χ1) is 9.56. The predicted molar refractivity (Wildman–Crippen MR) is 72.8 cm³/mol. The van der Waals surface area contributed by atoms with E-state index in [1.165, 1.54) is 6.07 Å². The Morgan fingerprint density at radius 1 is 1.10 bits per heavy atom. The molecule has 100 valence electrons. The van der Waals surface area contributed by atoms with E-state index in [-0.39, 0.29) is 17.8 Å². The molecule has 2 N–H and O–H groups in total. The van der Waals surface area contributed by atoms with Gasteiger partial charge in [-0.1, -0.05) is 18.2 Å². The summed E-state index contributed by atoms with van der Waals surface area (Å²) in [4.78, 5) is 25.5. The van der Waals surface area contributed by atoms with Gasteiger partial charge in [-0.25, -0.2) is 9.29 Å². The van der Waals surface area contributed by atoms with Crippen molar-refractivity contribution >= 4 is 23.2 Å². The molecule has 2 aromatic carbocycles. The number of benzene rings is 2. The summed E-state index contributed by atoms with van der Waals surface area (Å²) >= 11 is 0. The number of nitrogens with zero attached hydrogens (tertiary/aromatic N) is 1. The lowest BCUT2D eigenvalue weighted by atomic mass is 9.98. The van der Waals surface area contributed by atoms with Gasteiger partial charge < -0.3 is 5.73 Å². The van der Waals surface area contributed by atoms with E-state index in [4.69, 9.17) is 5.73 Å². The Morgan fingerprint density at radius 2 is 1.85 bits per heavy atom. The second-order valence-corrected chi connectivity index (χ2v) is 4.61. The van der Waals surface area contributed by atoms with Gasteiger partial charge >= 0.3 is 0 Å². The Kier molecular flexibility index (Phi) is 2.75. The molecule has 0 unspecified atom stereocenters. The van der Waals surface area contributed by atoms with Gasteiger partial charge in [0.15, 0.2) is 0 Å². The fraction of sp³-hybridized carbons (Fsp3) is 0.0667. The molecular weight excluding hydrogens is 259 g/mol. The monoisotopic (exact) mass is 270 g/mol. The minimum Gasteiger partial charge on any atom is -0.399 e. The maximum absolute atomic E-state index is 13.4. The Bertz CT molecular complexity index is 707. The van der Waals surface area contributed by atoms with Crippen LogP contribution in [0.4, 0.5) is 15.8 Å². The number of carbonyl (C=O) groups is 2. The summed E-state index contributed by atoms with van der Waals surface area (Å²) in [5, 5.41) is 0. The smallest absolute Gasteiger partial charge is 0.265 e. The summed E-state index contributed by atoms with van der Waals surface area (Å²) < 4.78 is 13.4. The zero-order chi connectivity index (χ0) is 14.3. The van der Waals surface area contributed by atoms with Crippen LogP contribution in [0.25, 0.3) is 0 Å². The van der Waals surface area contributed by atoms with Crippen molar-refractivity contribution in [3.63, 3.8) is 0 Å². The first-order valence-electron chi connectivity index (χ1n) is 6.07. The first kappa shape index (κ1) is 12.3. The van der Waals surface area contributed by atoms with E-state index < -0.39 is 17.6 Å². The molecule has 1 aliphatic rings. The third kappa shape index (κ3) is 1.93. The fourth-order valence-electron chi connectivity index (χ4n) is 2.35. The van der Waals surface area contributed by atoms with Gasteiger partial charge in [0.2, 0.25) is 5.91 Å². The van der Waals surface area contributed by atoms with E-state index in [0.29, 0.717) is 11.1 Å². The van der Waals surface area contributed by atoms with E-state index in [2.05, 4.69) is 0 Å². The minimum absolute atomic E-state index is 0.109. The molecule has 0 aliphatic carbocycles. The second kappa shape index (κ2) is 4.45. The molecule has 2 aromatic rings. The maximum Gasteiger partial charge on any atom is 0.265 e. The van der Waals surface area contributed by atoms with E-state index in [9.17, 15) is 14.0 Å². The summed E-state index contributed by atoms with van der Waals surface area (Å²) in [5.41, 5.74) is 7.02. The number of imide groups is 1. The highest BCUT2D eigenvalue weighted by Gasteiger charge is 2.32. The highest BCUT2D eigenvalue weighted by molar-refractivity contribution is 6.24. The number of rotatable bonds is 1. The molecule has 0 fully saturated rings. The van der Waals surface area contributed by atoms with Crippen LogP contribution in [0.15, 0.2) is 42.5 Å². The molecule has 1 heterocycles. The van der Waals surface area contributed by atoms with Crippen LogP contribution in [0.2, 0.25) is 0 Å². The molecule has 0 saturated heterocycles. The van der Waals surface area contributed by atoms with Crippen LogP contribution >= 0.6 is 0 Å². The van der Waals surface area contributed by atoms with Crippen molar-refractivity contribution in [2.75, 3.05) is 10.6 Å². The SMILES string of the molecule is Nc1cc(F)cc(N2C(=O)Cc3ccccc3C2=O)c1. The summed E-state index contributed by atoms with van der Waals surface area (Å²) in [5.74, 6) is -1.43. The third-order valence-corrected chi connectivity index (χ3v) is 3.21. The molecule has 0 radical (unpaired) electrons. The van der Waals surface area contributed by atoms with Crippen molar-refractivity contribution < 1.29 is 14.0 Å². The van der Waals surface area contributed by atoms with E-state index in [1.54, 1.807) is 24.3 Å². The van der Waals surface area contributed by atoms with Gasteiger partial charge in [-0.05, 0) is 29.8 Å². The molecule has 0 saturated carbocycles. The van der Waals surface area contributed by atoms with Crippen molar-refractivity contribution in [2.24, 2.45) is 0 Å². The standard InChI is InChI=1S/C15H11FN2O2/c16-10-6-11(17)8-12(7-10)18-14(19)5-9-3-1-2-4-13(9)15(18)20/h1-4,6-8H,5,17H2. The van der Waals surface area contributed by atoms with Crippen LogP contribution in [0.1, 0.15) is 15.9 Å². The fourth-order valence-corrected chi connectivity index (χ4v) is 2.35. The van der Waals surface area contributed by atoms with Crippen molar-refractivity contribution in [3.8, 4) is 0 Å². The molecule has 2 amide bonds. The Balaban J connectivity index is 2.11. The van der Waals surface area contributed by atoms with Gasteiger partial charge in [0.05, 0.1) is 12.1 Å². The summed E-state index contributed by atoms with van der Waals surface area (Å²) in [6.45, 7) is 0. The molecule has 0 spiro atoms. The van der Waals surface area contributed by atoms with Crippen molar-refractivity contribution in [1.82, 2.24) is 0 Å². The highest BCUT2D eigenvalue weighted by atomic mass is 19.1. The van der Waals surface area contributed by atoms with Crippen LogP contribution in [0, 0.1) is 5.82 Å². The molecular formula is C15H11FN2O2. The molecule has 3 rings (SSSR count). The van der Waals surface area contributed by atoms with Crippen molar-refractivity contribution in [1.29, 1.82) is 0 Å². The van der Waals surface area contributed by atoms with E-state index in [0.717, 1.165) is 17.0 Å². The number of nitrogens with two attached hydrogens (primary N) is 1. The summed E-state index contributed by atoms with van der Waals surface area (Å²) in [7, 11) is 0. The predicted octanol–water partition coefficient (Wildman–Crippen LogP) is 2.14. The number of carbonyl (C=O) groups excluding carboxylic acids is 2. The van der Waals surface area contributed by atoms with Gasteiger partial charge in [-0.15, -0.1) is 0 Å². The third-order valence-electron chi connectivity index (χ3n) is 3.21. The maximum atomic E-state index is 13.4. The van der Waals surface area contributed by atoms with Gasteiger partial charge in [0, 0.05) is 11.3 Å². The number of anilines is 2. The van der Waals surface area contributed by atoms with Crippen molar-refractivity contribution in [2.45, 2.75) is 6.42 Å². The molecule has 0 aromatic heterocycles. The molecule has 20 heavy (non-hydrogen) atoms. The van der Waals surface area contributed by atoms with Gasteiger partial charge in [-0.2, -0.15) is 0 Å². The average Bonchev–Trinajstić information content (AvgIpc) is 2.37. The zero-order valence-corrected chi connectivity index (χ0v) is 10.5. The van der Waals surface area contributed by atoms with Crippen LogP contribution < -0.4 is 10.6 Å². The van der Waals surface area contributed by atoms with Crippen molar-refractivity contribution in [3.05, 3.63) is 59.4 Å². The van der Waals surface area contributed by atoms with E-state index in [1.807, 2.05) is 0 Å². The van der Waals surface area contributed by atoms with Crippen LogP contribution in [0.3, 0.4) is 0 Å². The second-order valence-electron chi connectivity index (χ2n) is 4.61. The molecule has 0 atom stereocenters. The van der Waals surface area contributed by atoms with Crippen LogP contribution in [0.5, 0.6) is 0 Å². The summed E-state index contributed by atoms with van der Waals surface area (Å²) in [6.07, 6.45) is 0.109. The Morgan fingerprint density at radius 3 is 2.60 bits per heavy atom. The lowest BCUT2D eigenvalue weighted by Gasteiger charge is -2.27. The van der Waals surface area contributed by atoms with Crippen LogP contribution in [-0.2, 0) is 11.2 Å². The molecule has 5 heteroatoms. The van der Waals surface area contributed by atoms with Crippen LogP contribution in [-0.4, -0.2) is 11.8 Å². The number of fused-ring (bicyclic) bond motifs is 1. The first-order valence-corrected chi connectivity index (χ1v) is 6.07.